The Morgan fingerprint density at radius 2 is 1.64 bits per heavy atom. The number of benzene rings is 3. The fraction of sp³-hybridized carbons (Fsp3) is 0.281. The molecule has 1 heterocycles. The number of hydrogen-bond donors (Lipinski definition) is 4. The summed E-state index contributed by atoms with van der Waals surface area (Å²) in [5.74, 6) is -1.74. The van der Waals surface area contributed by atoms with Crippen LogP contribution < -0.4 is 16.0 Å². The van der Waals surface area contributed by atoms with E-state index in [1.54, 1.807) is 0 Å². The van der Waals surface area contributed by atoms with Crippen LogP contribution in [0.3, 0.4) is 0 Å². The molecule has 4 rings (SSSR count). The van der Waals surface area contributed by atoms with Crippen LogP contribution in [-0.4, -0.2) is 46.4 Å². The molecule has 2 atom stereocenters. The summed E-state index contributed by atoms with van der Waals surface area (Å²) < 4.78 is 5.40. The van der Waals surface area contributed by atoms with E-state index in [4.69, 9.17) is 9.52 Å². The van der Waals surface area contributed by atoms with E-state index in [1.807, 2.05) is 79.7 Å². The molecule has 0 spiro atoms. The van der Waals surface area contributed by atoms with Gasteiger partial charge in [-0.1, -0.05) is 79.7 Å². The van der Waals surface area contributed by atoms with E-state index in [9.17, 15) is 19.2 Å². The fourth-order valence-electron chi connectivity index (χ4n) is 4.67. The Labute approximate surface area is 243 Å². The molecule has 10 nitrogen and oxygen atoms in total. The Hall–Kier alpha value is -4.99. The molecule has 10 heteroatoms. The summed E-state index contributed by atoms with van der Waals surface area (Å²) in [7, 11) is 0. The quantitative estimate of drug-likeness (QED) is 0.160. The first kappa shape index (κ1) is 30.0. The van der Waals surface area contributed by atoms with Crippen LogP contribution in [0.15, 0.2) is 83.5 Å². The first-order valence-corrected chi connectivity index (χ1v) is 13.8. The van der Waals surface area contributed by atoms with Gasteiger partial charge in [-0.05, 0) is 47.1 Å². The predicted molar refractivity (Wildman–Crippen MR) is 157 cm³/mol. The van der Waals surface area contributed by atoms with Crippen molar-refractivity contribution >= 4 is 34.5 Å². The summed E-state index contributed by atoms with van der Waals surface area (Å²) in [6.45, 7) is 2.33. The highest BCUT2D eigenvalue weighted by Gasteiger charge is 2.27. The highest BCUT2D eigenvalue weighted by Crippen LogP contribution is 2.19. The molecule has 0 aliphatic carbocycles. The Bertz CT molecular complexity index is 1530. The van der Waals surface area contributed by atoms with Crippen molar-refractivity contribution in [3.63, 3.8) is 0 Å². The fourth-order valence-corrected chi connectivity index (χ4v) is 4.67. The van der Waals surface area contributed by atoms with Gasteiger partial charge in [-0.25, -0.2) is 9.78 Å². The molecule has 0 bridgehead atoms. The maximum absolute atomic E-state index is 13.4. The smallest absolute Gasteiger partial charge is 0.404 e. The number of Topliss-reactive ketones (excluding diaryl/α,β-unsaturated/α-hetero) is 1. The zero-order valence-electron chi connectivity index (χ0n) is 23.3. The van der Waals surface area contributed by atoms with Crippen LogP contribution in [0.25, 0.3) is 10.8 Å². The van der Waals surface area contributed by atoms with Crippen molar-refractivity contribution in [3.05, 3.63) is 102 Å². The molecule has 3 amide bonds. The Morgan fingerprint density at radius 3 is 2.43 bits per heavy atom. The Kier molecular flexibility index (Phi) is 10.4. The number of nitrogens with one attached hydrogen (secondary N) is 3. The second-order valence-electron chi connectivity index (χ2n) is 10.2. The van der Waals surface area contributed by atoms with Gasteiger partial charge in [-0.15, -0.1) is 0 Å². The molecule has 1 aromatic heterocycles. The summed E-state index contributed by atoms with van der Waals surface area (Å²) in [4.78, 5) is 53.9. The van der Waals surface area contributed by atoms with Gasteiger partial charge < -0.3 is 25.5 Å². The standard InChI is InChI=1S/C32H34N4O6/c1-21(16-17-33-32(40)41)18-28(37)35-26(15-14-22-8-3-2-4-9-22)29(38)31-36-27(20-42-31)30(39)34-19-24-12-7-11-23-10-5-6-13-25(23)24/h2-13,20-21,26,33H,14-19H2,1H3,(H,34,39)(H,35,37)(H,40,41). The maximum Gasteiger partial charge on any atom is 0.404 e. The van der Waals surface area contributed by atoms with Crippen LogP contribution in [0.1, 0.15) is 58.5 Å². The van der Waals surface area contributed by atoms with E-state index >= 15 is 0 Å². The molecule has 0 fully saturated rings. The van der Waals surface area contributed by atoms with Crippen molar-refractivity contribution in [1.82, 2.24) is 20.9 Å². The topological polar surface area (TPSA) is 151 Å². The van der Waals surface area contributed by atoms with E-state index in [2.05, 4.69) is 20.9 Å². The predicted octanol–water partition coefficient (Wildman–Crippen LogP) is 4.74. The van der Waals surface area contributed by atoms with Gasteiger partial charge in [0.15, 0.2) is 5.69 Å². The van der Waals surface area contributed by atoms with Gasteiger partial charge in [0.25, 0.3) is 11.8 Å². The second-order valence-corrected chi connectivity index (χ2v) is 10.2. The third-order valence-electron chi connectivity index (χ3n) is 6.93. The molecular weight excluding hydrogens is 536 g/mol. The van der Waals surface area contributed by atoms with Crippen LogP contribution >= 0.6 is 0 Å². The minimum absolute atomic E-state index is 0.0359. The van der Waals surface area contributed by atoms with Crippen molar-refractivity contribution in [1.29, 1.82) is 0 Å². The first-order valence-electron chi connectivity index (χ1n) is 13.8. The van der Waals surface area contributed by atoms with Crippen LogP contribution in [0.4, 0.5) is 4.79 Å². The molecule has 218 valence electrons. The van der Waals surface area contributed by atoms with Gasteiger partial charge >= 0.3 is 6.09 Å². The zero-order chi connectivity index (χ0) is 29.9. The Morgan fingerprint density at radius 1 is 0.905 bits per heavy atom. The molecule has 0 saturated carbocycles. The highest BCUT2D eigenvalue weighted by molar-refractivity contribution is 6.00. The van der Waals surface area contributed by atoms with Crippen LogP contribution in [0.5, 0.6) is 0 Å². The number of aryl methyl sites for hydroxylation is 1. The molecule has 2 unspecified atom stereocenters. The van der Waals surface area contributed by atoms with Crippen LogP contribution in [-0.2, 0) is 17.8 Å². The third-order valence-corrected chi connectivity index (χ3v) is 6.93. The van der Waals surface area contributed by atoms with E-state index in [0.717, 1.165) is 28.2 Å². The molecule has 42 heavy (non-hydrogen) atoms. The lowest BCUT2D eigenvalue weighted by Crippen LogP contribution is -2.42. The number of ketones is 1. The SMILES string of the molecule is CC(CCNC(=O)O)CC(=O)NC(CCc1ccccc1)C(=O)c1nc(C(=O)NCc2cccc3ccccc23)co1. The monoisotopic (exact) mass is 570 g/mol. The maximum atomic E-state index is 13.4. The molecule has 0 radical (unpaired) electrons. The average molecular weight is 571 g/mol. The Balaban J connectivity index is 1.40. The largest absolute Gasteiger partial charge is 0.465 e. The summed E-state index contributed by atoms with van der Waals surface area (Å²) in [6.07, 6.45) is 1.43. The van der Waals surface area contributed by atoms with E-state index in [0.29, 0.717) is 19.3 Å². The molecule has 4 N–H and O–H groups in total. The molecule has 0 saturated heterocycles. The summed E-state index contributed by atoms with van der Waals surface area (Å²) in [5, 5.41) is 18.7. The summed E-state index contributed by atoms with van der Waals surface area (Å²) in [6, 6.07) is 22.4. The van der Waals surface area contributed by atoms with Crippen molar-refractivity contribution in [2.45, 2.75) is 45.2 Å². The molecule has 4 aromatic rings. The van der Waals surface area contributed by atoms with Crippen LogP contribution in [0, 0.1) is 5.92 Å². The van der Waals surface area contributed by atoms with Gasteiger partial charge in [0.1, 0.15) is 6.26 Å². The number of carboxylic acid groups (broad SMARTS) is 1. The number of fused-ring (bicyclic) bond motifs is 1. The minimum Gasteiger partial charge on any atom is -0.465 e. The number of aromatic nitrogens is 1. The van der Waals surface area contributed by atoms with Crippen LogP contribution in [0.2, 0.25) is 0 Å². The number of nitrogens with zero attached hydrogens (tertiary/aromatic N) is 1. The molecule has 3 aromatic carbocycles. The normalized spacial score (nSPS) is 12.3. The van der Waals surface area contributed by atoms with Gasteiger partial charge in [0.05, 0.1) is 6.04 Å². The molecule has 0 aliphatic rings. The van der Waals surface area contributed by atoms with E-state index in [-0.39, 0.29) is 42.9 Å². The van der Waals surface area contributed by atoms with E-state index < -0.39 is 23.8 Å². The van der Waals surface area contributed by atoms with Crippen molar-refractivity contribution in [2.24, 2.45) is 5.92 Å². The first-order chi connectivity index (χ1) is 20.3. The zero-order valence-corrected chi connectivity index (χ0v) is 23.3. The van der Waals surface area contributed by atoms with Crippen molar-refractivity contribution in [2.75, 3.05) is 6.54 Å². The van der Waals surface area contributed by atoms with E-state index in [1.165, 1.54) is 0 Å². The number of rotatable bonds is 14. The lowest BCUT2D eigenvalue weighted by molar-refractivity contribution is -0.122. The third kappa shape index (κ3) is 8.50. The molecule has 0 aliphatic heterocycles. The lowest BCUT2D eigenvalue weighted by Gasteiger charge is -2.18. The van der Waals surface area contributed by atoms with Gasteiger partial charge in [0.2, 0.25) is 11.7 Å². The number of carbonyl (C=O) groups is 4. The van der Waals surface area contributed by atoms with Gasteiger partial charge in [-0.3, -0.25) is 14.4 Å². The summed E-state index contributed by atoms with van der Waals surface area (Å²) in [5.41, 5.74) is 1.91. The summed E-state index contributed by atoms with van der Waals surface area (Å²) >= 11 is 0. The van der Waals surface area contributed by atoms with Crippen molar-refractivity contribution in [3.8, 4) is 0 Å². The molecular formula is C32H34N4O6. The van der Waals surface area contributed by atoms with Crippen molar-refractivity contribution < 1.29 is 28.7 Å². The number of carbonyl (C=O) groups excluding carboxylic acids is 3. The minimum atomic E-state index is -1.12. The highest BCUT2D eigenvalue weighted by atomic mass is 16.4. The number of hydrogen-bond acceptors (Lipinski definition) is 6. The van der Waals surface area contributed by atoms with Gasteiger partial charge in [-0.2, -0.15) is 0 Å². The number of oxazole rings is 1. The lowest BCUT2D eigenvalue weighted by atomic mass is 10.00. The average Bonchev–Trinajstić information content (AvgIpc) is 3.48. The van der Waals surface area contributed by atoms with Gasteiger partial charge in [0, 0.05) is 19.5 Å². The number of amides is 3. The second kappa shape index (κ2) is 14.6.